The average molecular weight is 293 g/mol. The molecule has 1 aliphatic heterocycles. The molecule has 2 unspecified atom stereocenters. The van der Waals surface area contributed by atoms with Gasteiger partial charge in [0.25, 0.3) is 0 Å². The first kappa shape index (κ1) is 16.4. The van der Waals surface area contributed by atoms with Gasteiger partial charge in [-0.15, -0.1) is 0 Å². The number of hydrogen-bond donors (Lipinski definition) is 1. The summed E-state index contributed by atoms with van der Waals surface area (Å²) in [6, 6.07) is 7.38. The Hall–Kier alpha value is -0.930. The Balaban J connectivity index is 1.84. The predicted octanol–water partition coefficient (Wildman–Crippen LogP) is 4.09. The largest absolute Gasteiger partial charge is 0.378 e. The van der Waals surface area contributed by atoms with Crippen molar-refractivity contribution in [3.63, 3.8) is 0 Å². The Morgan fingerprint density at radius 3 is 3.00 bits per heavy atom. The summed E-state index contributed by atoms with van der Waals surface area (Å²) in [7, 11) is 0. The van der Waals surface area contributed by atoms with Crippen molar-refractivity contribution in [1.29, 1.82) is 0 Å². The van der Waals surface area contributed by atoms with E-state index in [-0.39, 0.29) is 5.82 Å². The summed E-state index contributed by atoms with van der Waals surface area (Å²) in [4.78, 5) is 0. The molecule has 0 spiro atoms. The number of rotatable bonds is 8. The van der Waals surface area contributed by atoms with Crippen molar-refractivity contribution in [2.24, 2.45) is 0 Å². The number of nitrogens with one attached hydrogen (secondary N) is 1. The fourth-order valence-electron chi connectivity index (χ4n) is 3.00. The maximum absolute atomic E-state index is 13.3. The molecule has 3 heteroatoms. The number of ether oxygens (including phenoxy) is 1. The Morgan fingerprint density at radius 2 is 2.29 bits per heavy atom. The van der Waals surface area contributed by atoms with E-state index in [1.165, 1.54) is 25.3 Å². The molecule has 1 N–H and O–H groups in total. The minimum Gasteiger partial charge on any atom is -0.378 e. The van der Waals surface area contributed by atoms with Gasteiger partial charge in [-0.3, -0.25) is 0 Å². The van der Waals surface area contributed by atoms with Crippen LogP contribution >= 0.6 is 0 Å². The zero-order valence-corrected chi connectivity index (χ0v) is 13.1. The van der Waals surface area contributed by atoms with Gasteiger partial charge in [0, 0.05) is 12.6 Å². The van der Waals surface area contributed by atoms with Crippen LogP contribution in [0.15, 0.2) is 24.3 Å². The molecule has 0 bridgehead atoms. The molecule has 1 heterocycles. The second-order valence-electron chi connectivity index (χ2n) is 6.05. The molecule has 0 amide bonds. The van der Waals surface area contributed by atoms with Crippen molar-refractivity contribution in [1.82, 2.24) is 5.32 Å². The van der Waals surface area contributed by atoms with Crippen LogP contribution in [0.2, 0.25) is 0 Å². The van der Waals surface area contributed by atoms with Gasteiger partial charge < -0.3 is 10.1 Å². The number of hydrogen-bond acceptors (Lipinski definition) is 2. The second kappa shape index (κ2) is 9.16. The highest BCUT2D eigenvalue weighted by Crippen LogP contribution is 2.19. The molecule has 0 saturated carbocycles. The van der Waals surface area contributed by atoms with E-state index in [4.69, 9.17) is 4.74 Å². The van der Waals surface area contributed by atoms with E-state index >= 15 is 0 Å². The minimum atomic E-state index is -0.141. The smallest absolute Gasteiger partial charge is 0.123 e. The normalized spacial score (nSPS) is 20.4. The summed E-state index contributed by atoms with van der Waals surface area (Å²) < 4.78 is 19.1. The summed E-state index contributed by atoms with van der Waals surface area (Å²) in [5.41, 5.74) is 1.08. The minimum absolute atomic E-state index is 0.141. The summed E-state index contributed by atoms with van der Waals surface area (Å²) >= 11 is 0. The molecule has 1 saturated heterocycles. The molecule has 21 heavy (non-hydrogen) atoms. The maximum Gasteiger partial charge on any atom is 0.123 e. The van der Waals surface area contributed by atoms with E-state index in [2.05, 4.69) is 12.2 Å². The zero-order chi connectivity index (χ0) is 14.9. The van der Waals surface area contributed by atoms with Gasteiger partial charge in [-0.25, -0.2) is 4.39 Å². The molecule has 2 nitrogen and oxygen atoms in total. The van der Waals surface area contributed by atoms with Crippen molar-refractivity contribution in [2.75, 3.05) is 13.2 Å². The zero-order valence-electron chi connectivity index (χ0n) is 13.1. The Morgan fingerprint density at radius 1 is 1.38 bits per heavy atom. The molecule has 0 aliphatic carbocycles. The van der Waals surface area contributed by atoms with E-state index in [9.17, 15) is 4.39 Å². The summed E-state index contributed by atoms with van der Waals surface area (Å²) in [5.74, 6) is -0.141. The molecule has 1 aliphatic rings. The summed E-state index contributed by atoms with van der Waals surface area (Å²) in [6.45, 7) is 4.11. The van der Waals surface area contributed by atoms with Gasteiger partial charge in [-0.2, -0.15) is 0 Å². The van der Waals surface area contributed by atoms with E-state index < -0.39 is 0 Å². The van der Waals surface area contributed by atoms with Crippen LogP contribution in [0.3, 0.4) is 0 Å². The highest BCUT2D eigenvalue weighted by molar-refractivity contribution is 5.17. The Bertz CT molecular complexity index is 404. The van der Waals surface area contributed by atoms with Gasteiger partial charge in [0.1, 0.15) is 5.82 Å². The van der Waals surface area contributed by atoms with E-state index in [1.807, 2.05) is 6.07 Å². The number of halogens is 1. The van der Waals surface area contributed by atoms with Crippen LogP contribution in [-0.2, 0) is 11.2 Å². The quantitative estimate of drug-likeness (QED) is 0.779. The van der Waals surface area contributed by atoms with Crippen LogP contribution < -0.4 is 5.32 Å². The van der Waals surface area contributed by atoms with Gasteiger partial charge in [-0.1, -0.05) is 19.1 Å². The fourth-order valence-corrected chi connectivity index (χ4v) is 3.00. The lowest BCUT2D eigenvalue weighted by atomic mass is 9.97. The average Bonchev–Trinajstić information content (AvgIpc) is 2.51. The molecule has 0 radical (unpaired) electrons. The fraction of sp³-hybridized carbons (Fsp3) is 0.667. The molecular weight excluding hydrogens is 265 g/mol. The van der Waals surface area contributed by atoms with Gasteiger partial charge in [-0.05, 0) is 69.2 Å². The molecule has 2 atom stereocenters. The third kappa shape index (κ3) is 6.15. The van der Waals surface area contributed by atoms with Crippen molar-refractivity contribution < 1.29 is 9.13 Å². The van der Waals surface area contributed by atoms with Crippen molar-refractivity contribution in [2.45, 2.75) is 64.0 Å². The Kier molecular flexibility index (Phi) is 7.17. The molecule has 118 valence electrons. The highest BCUT2D eigenvalue weighted by Gasteiger charge is 2.17. The van der Waals surface area contributed by atoms with E-state index in [1.54, 1.807) is 12.1 Å². The molecule has 1 aromatic carbocycles. The van der Waals surface area contributed by atoms with E-state index in [0.29, 0.717) is 12.1 Å². The Labute approximate surface area is 128 Å². The monoisotopic (exact) mass is 293 g/mol. The first-order chi connectivity index (χ1) is 10.3. The lowest BCUT2D eigenvalue weighted by Gasteiger charge is -2.25. The van der Waals surface area contributed by atoms with Crippen LogP contribution in [0.4, 0.5) is 4.39 Å². The number of benzene rings is 1. The maximum atomic E-state index is 13.3. The summed E-state index contributed by atoms with van der Waals surface area (Å²) in [5, 5.41) is 3.60. The second-order valence-corrected chi connectivity index (χ2v) is 6.05. The van der Waals surface area contributed by atoms with E-state index in [0.717, 1.165) is 44.4 Å². The van der Waals surface area contributed by atoms with Crippen LogP contribution in [-0.4, -0.2) is 25.3 Å². The van der Waals surface area contributed by atoms with Crippen LogP contribution in [0, 0.1) is 5.82 Å². The van der Waals surface area contributed by atoms with Gasteiger partial charge in [0.15, 0.2) is 0 Å². The van der Waals surface area contributed by atoms with Crippen LogP contribution in [0.25, 0.3) is 0 Å². The van der Waals surface area contributed by atoms with Crippen molar-refractivity contribution >= 4 is 0 Å². The molecule has 1 aromatic rings. The third-order valence-electron chi connectivity index (χ3n) is 4.17. The van der Waals surface area contributed by atoms with Crippen molar-refractivity contribution in [3.8, 4) is 0 Å². The predicted molar refractivity (Wildman–Crippen MR) is 85.0 cm³/mol. The topological polar surface area (TPSA) is 21.3 Å². The standard InChI is InChI=1S/C18H28FNO/c1-2-11-20-17(9-10-18-8-3-4-12-21-18)14-15-6-5-7-16(19)13-15/h5-7,13,17-18,20H,2-4,8-12,14H2,1H3. The molecule has 0 aromatic heterocycles. The van der Waals surface area contributed by atoms with Gasteiger partial charge in [0.2, 0.25) is 0 Å². The molecular formula is C18H28FNO. The summed E-state index contributed by atoms with van der Waals surface area (Å²) in [6.07, 6.45) is 8.35. The highest BCUT2D eigenvalue weighted by atomic mass is 19.1. The first-order valence-electron chi connectivity index (χ1n) is 8.37. The third-order valence-corrected chi connectivity index (χ3v) is 4.17. The van der Waals surface area contributed by atoms with Gasteiger partial charge in [0.05, 0.1) is 6.10 Å². The lowest BCUT2D eigenvalue weighted by molar-refractivity contribution is 0.00858. The molecule has 2 rings (SSSR count). The van der Waals surface area contributed by atoms with Crippen molar-refractivity contribution in [3.05, 3.63) is 35.6 Å². The molecule has 1 fully saturated rings. The first-order valence-corrected chi connectivity index (χ1v) is 8.37. The lowest BCUT2D eigenvalue weighted by Crippen LogP contribution is -2.33. The van der Waals surface area contributed by atoms with Crippen LogP contribution in [0.1, 0.15) is 51.0 Å². The van der Waals surface area contributed by atoms with Gasteiger partial charge >= 0.3 is 0 Å². The van der Waals surface area contributed by atoms with Crippen LogP contribution in [0.5, 0.6) is 0 Å². The SMILES string of the molecule is CCCNC(CCC1CCCCO1)Cc1cccc(F)c1.